The zero-order valence-corrected chi connectivity index (χ0v) is 10.3. The summed E-state index contributed by atoms with van der Waals surface area (Å²) in [5.74, 6) is -0.423. The van der Waals surface area contributed by atoms with Crippen LogP contribution in [0.4, 0.5) is 4.39 Å². The lowest BCUT2D eigenvalue weighted by Crippen LogP contribution is -2.00. The van der Waals surface area contributed by atoms with Gasteiger partial charge in [-0.25, -0.2) is 14.4 Å². The van der Waals surface area contributed by atoms with Crippen LogP contribution >= 0.6 is 11.6 Å². The molecule has 2 rings (SSSR count). The zero-order chi connectivity index (χ0) is 13.1. The Kier molecular flexibility index (Phi) is 3.52. The van der Waals surface area contributed by atoms with E-state index in [9.17, 15) is 4.39 Å². The normalized spacial score (nSPS) is 10.2. The second-order valence-corrected chi connectivity index (χ2v) is 3.46. The van der Waals surface area contributed by atoms with Gasteiger partial charge in [0.1, 0.15) is 11.4 Å². The molecule has 94 valence electrons. The Hall–Kier alpha value is -2.02. The van der Waals surface area contributed by atoms with Gasteiger partial charge < -0.3 is 9.47 Å². The summed E-state index contributed by atoms with van der Waals surface area (Å²) >= 11 is 5.62. The van der Waals surface area contributed by atoms with Gasteiger partial charge in [-0.05, 0) is 11.6 Å². The number of rotatable bonds is 3. The van der Waals surface area contributed by atoms with Gasteiger partial charge in [-0.15, -0.1) is 0 Å². The largest absolute Gasteiger partial charge is 0.481 e. The molecule has 0 radical (unpaired) electrons. The van der Waals surface area contributed by atoms with E-state index < -0.39 is 5.82 Å². The monoisotopic (exact) mass is 270 g/mol. The van der Waals surface area contributed by atoms with Gasteiger partial charge >= 0.3 is 6.01 Å². The van der Waals surface area contributed by atoms with Crippen LogP contribution < -0.4 is 9.47 Å². The summed E-state index contributed by atoms with van der Waals surface area (Å²) in [4.78, 5) is 15.2. The second-order valence-electron chi connectivity index (χ2n) is 3.12. The molecule has 0 aliphatic carbocycles. The van der Waals surface area contributed by atoms with Crippen molar-refractivity contribution in [2.75, 3.05) is 14.2 Å². The molecular formula is C10H8ClFN4O2. The van der Waals surface area contributed by atoms with Crippen LogP contribution in [0.15, 0.2) is 12.3 Å². The Balaban J connectivity index is 2.58. The van der Waals surface area contributed by atoms with Crippen LogP contribution in [0.3, 0.4) is 0 Å². The van der Waals surface area contributed by atoms with Crippen molar-refractivity contribution in [1.29, 1.82) is 0 Å². The Bertz CT molecular complexity index is 560. The first-order valence-electron chi connectivity index (χ1n) is 4.79. The molecule has 0 aliphatic rings. The number of ether oxygens (including phenoxy) is 2. The molecule has 0 fully saturated rings. The van der Waals surface area contributed by atoms with Crippen molar-refractivity contribution in [2.24, 2.45) is 0 Å². The Morgan fingerprint density at radius 1 is 1.17 bits per heavy atom. The zero-order valence-electron chi connectivity index (χ0n) is 9.52. The van der Waals surface area contributed by atoms with Crippen LogP contribution in [0.5, 0.6) is 11.9 Å². The summed E-state index contributed by atoms with van der Waals surface area (Å²) in [6.45, 7) is 0. The van der Waals surface area contributed by atoms with E-state index in [2.05, 4.69) is 19.9 Å². The Morgan fingerprint density at radius 3 is 2.61 bits per heavy atom. The molecule has 6 nitrogen and oxygen atoms in total. The van der Waals surface area contributed by atoms with E-state index in [0.717, 1.165) is 6.20 Å². The van der Waals surface area contributed by atoms with Crippen molar-refractivity contribution in [2.45, 2.75) is 0 Å². The van der Waals surface area contributed by atoms with Crippen LogP contribution in [0.2, 0.25) is 5.28 Å². The third-order valence-electron chi connectivity index (χ3n) is 2.03. The average molecular weight is 271 g/mol. The highest BCUT2D eigenvalue weighted by Crippen LogP contribution is 2.24. The maximum atomic E-state index is 13.6. The lowest BCUT2D eigenvalue weighted by Gasteiger charge is -2.06. The van der Waals surface area contributed by atoms with Crippen LogP contribution in [0.1, 0.15) is 0 Å². The molecule has 2 aromatic heterocycles. The van der Waals surface area contributed by atoms with Gasteiger partial charge in [0.15, 0.2) is 5.82 Å². The lowest BCUT2D eigenvalue weighted by molar-refractivity contribution is 0.352. The molecule has 0 saturated heterocycles. The fourth-order valence-electron chi connectivity index (χ4n) is 1.25. The van der Waals surface area contributed by atoms with E-state index in [-0.39, 0.29) is 28.6 Å². The molecule has 0 N–H and O–H groups in total. The quantitative estimate of drug-likeness (QED) is 0.791. The SMILES string of the molecule is COc1cc(-c2nc(Cl)ncc2F)nc(OC)n1. The third kappa shape index (κ3) is 2.45. The van der Waals surface area contributed by atoms with Crippen LogP contribution in [-0.4, -0.2) is 34.2 Å². The Labute approximate surface area is 107 Å². The van der Waals surface area contributed by atoms with E-state index in [1.54, 1.807) is 0 Å². The van der Waals surface area contributed by atoms with Crippen molar-refractivity contribution >= 4 is 11.6 Å². The van der Waals surface area contributed by atoms with Gasteiger partial charge in [0.2, 0.25) is 11.2 Å². The predicted octanol–water partition coefficient (Wildman–Crippen LogP) is 1.74. The van der Waals surface area contributed by atoms with Crippen molar-refractivity contribution < 1.29 is 13.9 Å². The van der Waals surface area contributed by atoms with Gasteiger partial charge in [-0.3, -0.25) is 0 Å². The number of aromatic nitrogens is 4. The summed E-state index contributed by atoms with van der Waals surface area (Å²) in [6, 6.07) is 1.46. The summed E-state index contributed by atoms with van der Waals surface area (Å²) in [5.41, 5.74) is 0.148. The maximum absolute atomic E-state index is 13.6. The average Bonchev–Trinajstić information content (AvgIpc) is 2.40. The molecule has 0 atom stereocenters. The van der Waals surface area contributed by atoms with Gasteiger partial charge in [0, 0.05) is 6.07 Å². The highest BCUT2D eigenvalue weighted by molar-refractivity contribution is 6.28. The smallest absolute Gasteiger partial charge is 0.320 e. The predicted molar refractivity (Wildman–Crippen MR) is 61.1 cm³/mol. The number of hydrogen-bond donors (Lipinski definition) is 0. The molecule has 0 amide bonds. The number of nitrogens with zero attached hydrogens (tertiary/aromatic N) is 4. The fourth-order valence-corrected chi connectivity index (χ4v) is 1.38. The number of methoxy groups -OCH3 is 2. The lowest BCUT2D eigenvalue weighted by atomic mass is 10.3. The van der Waals surface area contributed by atoms with Crippen molar-refractivity contribution in [3.05, 3.63) is 23.4 Å². The summed E-state index contributed by atoms with van der Waals surface area (Å²) < 4.78 is 23.4. The minimum Gasteiger partial charge on any atom is -0.481 e. The van der Waals surface area contributed by atoms with Crippen molar-refractivity contribution in [3.8, 4) is 23.3 Å². The molecule has 18 heavy (non-hydrogen) atoms. The standard InChI is InChI=1S/C10H8ClFN4O2/c1-17-7-3-6(14-10(15-7)18-2)8-5(12)4-13-9(11)16-8/h3-4H,1-2H3. The van der Waals surface area contributed by atoms with Gasteiger partial charge in [0.25, 0.3) is 0 Å². The van der Waals surface area contributed by atoms with Gasteiger partial charge in [-0.1, -0.05) is 0 Å². The molecular weight excluding hydrogens is 263 g/mol. The van der Waals surface area contributed by atoms with Gasteiger partial charge in [0.05, 0.1) is 20.4 Å². The minimum atomic E-state index is -0.651. The van der Waals surface area contributed by atoms with E-state index in [1.807, 2.05) is 0 Å². The fraction of sp³-hybridized carbons (Fsp3) is 0.200. The van der Waals surface area contributed by atoms with E-state index in [0.29, 0.717) is 0 Å². The topological polar surface area (TPSA) is 70.0 Å². The minimum absolute atomic E-state index is 0.0403. The van der Waals surface area contributed by atoms with Crippen LogP contribution in [0.25, 0.3) is 11.4 Å². The maximum Gasteiger partial charge on any atom is 0.320 e. The van der Waals surface area contributed by atoms with Crippen molar-refractivity contribution in [3.63, 3.8) is 0 Å². The molecule has 0 bridgehead atoms. The van der Waals surface area contributed by atoms with Crippen LogP contribution in [0, 0.1) is 5.82 Å². The van der Waals surface area contributed by atoms with E-state index in [1.165, 1.54) is 20.3 Å². The molecule has 0 saturated carbocycles. The summed E-state index contributed by atoms with van der Waals surface area (Å²) in [6.07, 6.45) is 0.964. The number of hydrogen-bond acceptors (Lipinski definition) is 6. The summed E-state index contributed by atoms with van der Waals surface area (Å²) in [7, 11) is 2.82. The van der Waals surface area contributed by atoms with Crippen molar-refractivity contribution in [1.82, 2.24) is 19.9 Å². The second kappa shape index (κ2) is 5.09. The molecule has 2 heterocycles. The first-order chi connectivity index (χ1) is 8.63. The molecule has 2 aromatic rings. The molecule has 0 aromatic carbocycles. The van der Waals surface area contributed by atoms with Gasteiger partial charge in [-0.2, -0.15) is 9.97 Å². The molecule has 0 aliphatic heterocycles. The van der Waals surface area contributed by atoms with E-state index >= 15 is 0 Å². The first-order valence-corrected chi connectivity index (χ1v) is 5.17. The summed E-state index contributed by atoms with van der Waals surface area (Å²) in [5, 5.41) is -0.0806. The van der Waals surface area contributed by atoms with E-state index in [4.69, 9.17) is 21.1 Å². The molecule has 0 unspecified atom stereocenters. The third-order valence-corrected chi connectivity index (χ3v) is 2.21. The first kappa shape index (κ1) is 12.4. The molecule has 0 spiro atoms. The Morgan fingerprint density at radius 2 is 1.94 bits per heavy atom. The highest BCUT2D eigenvalue weighted by atomic mass is 35.5. The van der Waals surface area contributed by atoms with Crippen LogP contribution in [-0.2, 0) is 0 Å². The highest BCUT2D eigenvalue weighted by Gasteiger charge is 2.14. The molecule has 8 heteroatoms. The number of halogens is 2.